The van der Waals surface area contributed by atoms with E-state index in [2.05, 4.69) is 26.1 Å². The highest BCUT2D eigenvalue weighted by Crippen LogP contribution is 2.65. The Morgan fingerprint density at radius 1 is 1.00 bits per heavy atom. The molecule has 0 aromatic heterocycles. The van der Waals surface area contributed by atoms with Crippen LogP contribution in [0.25, 0.3) is 0 Å². The topological polar surface area (TPSA) is 12.0 Å². The fourth-order valence-corrected chi connectivity index (χ4v) is 5.56. The van der Waals surface area contributed by atoms with Gasteiger partial charge >= 0.3 is 0 Å². The Balaban J connectivity index is 1.81. The van der Waals surface area contributed by atoms with Crippen molar-refractivity contribution >= 4 is 0 Å². The van der Waals surface area contributed by atoms with Gasteiger partial charge in [-0.05, 0) is 73.7 Å². The molecule has 0 atom stereocenters. The Kier molecular flexibility index (Phi) is 2.81. The lowest BCUT2D eigenvalue weighted by Crippen LogP contribution is -2.55. The van der Waals surface area contributed by atoms with Crippen LogP contribution < -0.4 is 5.32 Å². The minimum absolute atomic E-state index is 0.499. The van der Waals surface area contributed by atoms with Gasteiger partial charge in [0.2, 0.25) is 0 Å². The first-order chi connectivity index (χ1) is 8.05. The Labute approximate surface area is 107 Å². The number of nitrogens with one attached hydrogen (secondary N) is 1. The number of rotatable bonds is 4. The first-order valence-corrected chi connectivity index (χ1v) is 7.75. The van der Waals surface area contributed by atoms with E-state index in [0.717, 1.165) is 24.3 Å². The molecule has 0 amide bonds. The fraction of sp³-hybridized carbons (Fsp3) is 1.00. The maximum absolute atomic E-state index is 3.61. The smallest absolute Gasteiger partial charge is 0.000772 e. The van der Waals surface area contributed by atoms with Gasteiger partial charge in [0.25, 0.3) is 0 Å². The van der Waals surface area contributed by atoms with Crippen LogP contribution in [0.2, 0.25) is 0 Å². The third-order valence-corrected chi connectivity index (χ3v) is 6.29. The van der Waals surface area contributed by atoms with Crippen molar-refractivity contribution in [3.05, 3.63) is 0 Å². The van der Waals surface area contributed by atoms with Crippen molar-refractivity contribution in [1.29, 1.82) is 0 Å². The molecule has 0 aromatic rings. The standard InChI is InChI=1S/C16H29N/c1-4-17-11-15(2,3)16-8-12-5-13(9-16)7-14(6-12)10-16/h12-14,17H,4-11H2,1-3H3. The second-order valence-electron chi connectivity index (χ2n) is 7.86. The molecule has 0 heterocycles. The summed E-state index contributed by atoms with van der Waals surface area (Å²) < 4.78 is 0. The summed E-state index contributed by atoms with van der Waals surface area (Å²) in [5, 5.41) is 3.61. The molecule has 1 nitrogen and oxygen atoms in total. The summed E-state index contributed by atoms with van der Waals surface area (Å²) in [7, 11) is 0. The molecule has 0 unspecified atom stereocenters. The van der Waals surface area contributed by atoms with Crippen LogP contribution in [-0.2, 0) is 0 Å². The Morgan fingerprint density at radius 3 is 1.88 bits per heavy atom. The third-order valence-electron chi connectivity index (χ3n) is 6.29. The Bertz CT molecular complexity index is 257. The minimum Gasteiger partial charge on any atom is -0.316 e. The van der Waals surface area contributed by atoms with E-state index in [0.29, 0.717) is 10.8 Å². The predicted octanol–water partition coefficient (Wildman–Crippen LogP) is 3.84. The summed E-state index contributed by atoms with van der Waals surface area (Å²) in [6.45, 7) is 9.63. The molecule has 0 saturated heterocycles. The summed E-state index contributed by atoms with van der Waals surface area (Å²) in [5.41, 5.74) is 1.18. The first-order valence-electron chi connectivity index (χ1n) is 7.75. The van der Waals surface area contributed by atoms with Gasteiger partial charge in [0.05, 0.1) is 0 Å². The third kappa shape index (κ3) is 1.85. The van der Waals surface area contributed by atoms with Crippen molar-refractivity contribution in [1.82, 2.24) is 5.32 Å². The highest BCUT2D eigenvalue weighted by molar-refractivity contribution is 5.07. The van der Waals surface area contributed by atoms with E-state index in [1.165, 1.54) is 6.54 Å². The lowest BCUT2D eigenvalue weighted by Gasteiger charge is -2.62. The lowest BCUT2D eigenvalue weighted by molar-refractivity contribution is -0.118. The van der Waals surface area contributed by atoms with E-state index < -0.39 is 0 Å². The molecule has 4 fully saturated rings. The Morgan fingerprint density at radius 2 is 1.47 bits per heavy atom. The summed E-state index contributed by atoms with van der Waals surface area (Å²) in [6.07, 6.45) is 9.32. The molecule has 4 aliphatic rings. The molecule has 0 radical (unpaired) electrons. The normalized spacial score (nSPS) is 44.3. The molecule has 4 bridgehead atoms. The van der Waals surface area contributed by atoms with Crippen molar-refractivity contribution in [2.45, 2.75) is 59.3 Å². The van der Waals surface area contributed by atoms with Crippen LogP contribution in [0, 0.1) is 28.6 Å². The first kappa shape index (κ1) is 12.0. The van der Waals surface area contributed by atoms with Gasteiger partial charge in [-0.15, -0.1) is 0 Å². The number of hydrogen-bond donors (Lipinski definition) is 1. The van der Waals surface area contributed by atoms with Crippen LogP contribution in [0.5, 0.6) is 0 Å². The predicted molar refractivity (Wildman–Crippen MR) is 72.9 cm³/mol. The molecule has 4 aliphatic carbocycles. The largest absolute Gasteiger partial charge is 0.316 e. The van der Waals surface area contributed by atoms with Crippen molar-refractivity contribution in [3.8, 4) is 0 Å². The minimum atomic E-state index is 0.499. The molecule has 1 N–H and O–H groups in total. The van der Waals surface area contributed by atoms with Crippen LogP contribution in [0.1, 0.15) is 59.3 Å². The SMILES string of the molecule is CCNCC(C)(C)C12CC3CC(CC(C3)C1)C2. The van der Waals surface area contributed by atoms with Crippen molar-refractivity contribution in [2.24, 2.45) is 28.6 Å². The maximum Gasteiger partial charge on any atom is 0.000772 e. The highest BCUT2D eigenvalue weighted by atomic mass is 14.9. The fourth-order valence-electron chi connectivity index (χ4n) is 5.56. The zero-order valence-corrected chi connectivity index (χ0v) is 11.9. The average Bonchev–Trinajstić information content (AvgIpc) is 2.24. The summed E-state index contributed by atoms with van der Waals surface area (Å²) in [4.78, 5) is 0. The quantitative estimate of drug-likeness (QED) is 0.780. The van der Waals surface area contributed by atoms with E-state index in [-0.39, 0.29) is 0 Å². The molecule has 4 rings (SSSR count). The number of hydrogen-bond acceptors (Lipinski definition) is 1. The Hall–Kier alpha value is -0.0400. The molecule has 1 heteroatoms. The molecule has 17 heavy (non-hydrogen) atoms. The molecule has 4 saturated carbocycles. The molecule has 0 aromatic carbocycles. The van der Waals surface area contributed by atoms with Crippen LogP contribution in [0.4, 0.5) is 0 Å². The van der Waals surface area contributed by atoms with Crippen molar-refractivity contribution < 1.29 is 0 Å². The van der Waals surface area contributed by atoms with Crippen LogP contribution in [0.15, 0.2) is 0 Å². The van der Waals surface area contributed by atoms with Gasteiger partial charge in [-0.2, -0.15) is 0 Å². The zero-order valence-electron chi connectivity index (χ0n) is 11.9. The van der Waals surface area contributed by atoms with Crippen LogP contribution in [0.3, 0.4) is 0 Å². The molecular weight excluding hydrogens is 206 g/mol. The van der Waals surface area contributed by atoms with E-state index in [1.54, 1.807) is 38.5 Å². The molecule has 98 valence electrons. The van der Waals surface area contributed by atoms with E-state index in [1.807, 2.05) is 0 Å². The van der Waals surface area contributed by atoms with Gasteiger partial charge in [-0.3, -0.25) is 0 Å². The second kappa shape index (κ2) is 3.98. The average molecular weight is 235 g/mol. The molecular formula is C16H29N. The molecule has 0 aliphatic heterocycles. The van der Waals surface area contributed by atoms with Crippen LogP contribution in [-0.4, -0.2) is 13.1 Å². The monoisotopic (exact) mass is 235 g/mol. The summed E-state index contributed by atoms with van der Waals surface area (Å²) >= 11 is 0. The van der Waals surface area contributed by atoms with Crippen LogP contribution >= 0.6 is 0 Å². The van der Waals surface area contributed by atoms with E-state index in [9.17, 15) is 0 Å². The summed E-state index contributed by atoms with van der Waals surface area (Å²) in [5.74, 6) is 3.26. The molecule has 0 spiro atoms. The van der Waals surface area contributed by atoms with Gasteiger partial charge in [0, 0.05) is 6.54 Å². The second-order valence-corrected chi connectivity index (χ2v) is 7.86. The van der Waals surface area contributed by atoms with Gasteiger partial charge in [0.15, 0.2) is 0 Å². The van der Waals surface area contributed by atoms with Gasteiger partial charge in [-0.25, -0.2) is 0 Å². The van der Waals surface area contributed by atoms with Gasteiger partial charge in [-0.1, -0.05) is 20.8 Å². The van der Waals surface area contributed by atoms with E-state index >= 15 is 0 Å². The van der Waals surface area contributed by atoms with Crippen molar-refractivity contribution in [3.63, 3.8) is 0 Å². The zero-order chi connectivity index (χ0) is 12.1. The maximum atomic E-state index is 3.61. The van der Waals surface area contributed by atoms with Gasteiger partial charge in [0.1, 0.15) is 0 Å². The highest BCUT2D eigenvalue weighted by Gasteiger charge is 2.56. The van der Waals surface area contributed by atoms with Crippen molar-refractivity contribution in [2.75, 3.05) is 13.1 Å². The van der Waals surface area contributed by atoms with Gasteiger partial charge < -0.3 is 5.32 Å². The summed E-state index contributed by atoms with van der Waals surface area (Å²) in [6, 6.07) is 0. The lowest BCUT2D eigenvalue weighted by atomic mass is 9.43. The van der Waals surface area contributed by atoms with E-state index in [4.69, 9.17) is 0 Å².